The summed E-state index contributed by atoms with van der Waals surface area (Å²) >= 11 is 0.921. The van der Waals surface area contributed by atoms with Crippen LogP contribution < -0.4 is 16.4 Å². The number of aromatic nitrogens is 3. The van der Waals surface area contributed by atoms with E-state index in [0.717, 1.165) is 11.7 Å². The van der Waals surface area contributed by atoms with Crippen LogP contribution in [0.4, 0.5) is 11.4 Å². The molecule has 1 aromatic carbocycles. The maximum absolute atomic E-state index is 13.1. The van der Waals surface area contributed by atoms with Gasteiger partial charge in [0.25, 0.3) is 11.6 Å². The third-order valence-electron chi connectivity index (χ3n) is 6.26. The Hall–Kier alpha value is -3.75. The number of nitro benzene ring substituents is 1. The molecular weight excluding hydrogens is 514 g/mol. The smallest absolute Gasteiger partial charge is 0.298 e. The van der Waals surface area contributed by atoms with Crippen molar-refractivity contribution in [2.75, 3.05) is 44.8 Å². The van der Waals surface area contributed by atoms with Crippen molar-refractivity contribution in [3.63, 3.8) is 0 Å². The first kappa shape index (κ1) is 28.8. The van der Waals surface area contributed by atoms with E-state index in [-0.39, 0.29) is 22.8 Å². The number of hydrogen-bond acceptors (Lipinski definition) is 11. The fourth-order valence-corrected chi connectivity index (χ4v) is 4.76. The molecule has 0 fully saturated rings. The molecule has 2 amide bonds. The number of carbonyl (C=O) groups excluding carboxylic acids is 2. The molecule has 13 nitrogen and oxygen atoms in total. The van der Waals surface area contributed by atoms with Gasteiger partial charge in [-0.15, -0.1) is 0 Å². The fourth-order valence-electron chi connectivity index (χ4n) is 4.19. The van der Waals surface area contributed by atoms with E-state index in [1.54, 1.807) is 18.2 Å². The van der Waals surface area contributed by atoms with Gasteiger partial charge in [0.15, 0.2) is 5.52 Å². The molecule has 0 saturated carbocycles. The van der Waals surface area contributed by atoms with Gasteiger partial charge in [-0.05, 0) is 30.5 Å². The Balaban J connectivity index is 1.36. The van der Waals surface area contributed by atoms with Crippen LogP contribution in [0.25, 0.3) is 11.0 Å². The summed E-state index contributed by atoms with van der Waals surface area (Å²) in [5, 5.41) is 17.1. The highest BCUT2D eigenvalue weighted by atomic mass is 32.1. The number of anilines is 1. The lowest BCUT2D eigenvalue weighted by atomic mass is 9.74. The summed E-state index contributed by atoms with van der Waals surface area (Å²) in [5.74, 6) is -0.876. The van der Waals surface area contributed by atoms with Gasteiger partial charge in [0.2, 0.25) is 5.91 Å². The molecule has 38 heavy (non-hydrogen) atoms. The molecule has 14 heteroatoms. The van der Waals surface area contributed by atoms with Crippen molar-refractivity contribution in [3.8, 4) is 0 Å². The number of rotatable bonds is 16. The fraction of sp³-hybridized carbons (Fsp3) is 0.458. The van der Waals surface area contributed by atoms with Gasteiger partial charge in [-0.3, -0.25) is 24.7 Å². The lowest BCUT2D eigenvalue weighted by Crippen LogP contribution is -2.46. The van der Waals surface area contributed by atoms with E-state index >= 15 is 0 Å². The number of primary amides is 1. The number of amides is 2. The number of pyridine rings is 1. The van der Waals surface area contributed by atoms with E-state index in [9.17, 15) is 19.7 Å². The normalized spacial score (nSPS) is 11.4. The number of hydrogen-bond donors (Lipinski definition) is 3. The second-order valence-corrected chi connectivity index (χ2v) is 8.84. The van der Waals surface area contributed by atoms with Crippen LogP contribution in [0, 0.1) is 10.1 Å². The van der Waals surface area contributed by atoms with Crippen molar-refractivity contribution >= 4 is 46.0 Å². The number of fused-ring (bicyclic) bond motifs is 1. The van der Waals surface area contributed by atoms with E-state index in [2.05, 4.69) is 24.4 Å². The van der Waals surface area contributed by atoms with Crippen LogP contribution >= 0.6 is 11.7 Å². The molecule has 204 valence electrons. The summed E-state index contributed by atoms with van der Waals surface area (Å²) in [6.07, 6.45) is 2.44. The quantitative estimate of drug-likeness (QED) is 0.137. The molecule has 0 saturated heterocycles. The highest BCUT2D eigenvalue weighted by molar-refractivity contribution is 7.00. The lowest BCUT2D eigenvalue weighted by Gasteiger charge is -2.31. The lowest BCUT2D eigenvalue weighted by molar-refractivity contribution is -0.383. The van der Waals surface area contributed by atoms with Crippen LogP contribution in [-0.4, -0.2) is 70.0 Å². The first-order valence-electron chi connectivity index (χ1n) is 12.2. The molecular formula is C24H31N7O6S. The number of benzene rings is 1. The van der Waals surface area contributed by atoms with Gasteiger partial charge in [0.05, 0.1) is 54.2 Å². The van der Waals surface area contributed by atoms with Crippen LogP contribution in [-0.2, 0) is 19.7 Å². The number of nitrogens with two attached hydrogens (primary N) is 1. The first-order valence-corrected chi connectivity index (χ1v) is 12.9. The second-order valence-electron chi connectivity index (χ2n) is 8.31. The Morgan fingerprint density at radius 3 is 2.39 bits per heavy atom. The molecule has 0 unspecified atom stereocenters. The average molecular weight is 546 g/mol. The number of ether oxygens (including phenoxy) is 2. The van der Waals surface area contributed by atoms with Crippen molar-refractivity contribution in [1.29, 1.82) is 0 Å². The largest absolute Gasteiger partial charge is 0.381 e. The van der Waals surface area contributed by atoms with E-state index in [0.29, 0.717) is 69.1 Å². The molecule has 0 bridgehead atoms. The Bertz CT molecular complexity index is 1260. The summed E-state index contributed by atoms with van der Waals surface area (Å²) in [7, 11) is 0. The molecule has 0 atom stereocenters. The maximum atomic E-state index is 13.1. The van der Waals surface area contributed by atoms with Crippen molar-refractivity contribution in [1.82, 2.24) is 19.0 Å². The van der Waals surface area contributed by atoms with Gasteiger partial charge in [0.1, 0.15) is 11.2 Å². The van der Waals surface area contributed by atoms with Crippen LogP contribution in [0.15, 0.2) is 30.5 Å². The zero-order valence-corrected chi connectivity index (χ0v) is 22.1. The Morgan fingerprint density at radius 1 is 1.05 bits per heavy atom. The molecule has 0 spiro atoms. The summed E-state index contributed by atoms with van der Waals surface area (Å²) in [6.45, 7) is 5.93. The standard InChI is InChI=1S/C24H31N7O6S/c1-3-24(4-2,16-6-5-9-27-19(16)22(25)32)23(33)28-11-13-37-15-14-36-12-10-26-17-7-8-18(31(34)35)21-20(17)29-38-30-21/h5-9,26H,3-4,10-15H2,1-2H3,(H2,25,32)(H,28,33). The van der Waals surface area contributed by atoms with Gasteiger partial charge in [-0.1, -0.05) is 19.9 Å². The van der Waals surface area contributed by atoms with Crippen molar-refractivity contribution in [2.24, 2.45) is 5.73 Å². The summed E-state index contributed by atoms with van der Waals surface area (Å²) in [5.41, 5.74) is 6.49. The van der Waals surface area contributed by atoms with Gasteiger partial charge >= 0.3 is 0 Å². The highest BCUT2D eigenvalue weighted by Crippen LogP contribution is 2.33. The number of nitro groups is 1. The van der Waals surface area contributed by atoms with Gasteiger partial charge in [0, 0.05) is 25.4 Å². The predicted octanol–water partition coefficient (Wildman–Crippen LogP) is 2.41. The van der Waals surface area contributed by atoms with Crippen molar-refractivity contribution < 1.29 is 24.0 Å². The minimum Gasteiger partial charge on any atom is -0.381 e. The molecule has 2 aromatic heterocycles. The third kappa shape index (κ3) is 6.57. The van der Waals surface area contributed by atoms with Crippen LogP contribution in [0.1, 0.15) is 42.7 Å². The maximum Gasteiger partial charge on any atom is 0.298 e. The minimum absolute atomic E-state index is 0.0774. The summed E-state index contributed by atoms with van der Waals surface area (Å²) < 4.78 is 19.2. The second kappa shape index (κ2) is 13.7. The number of carbonyl (C=O) groups is 2. The summed E-state index contributed by atoms with van der Waals surface area (Å²) in [6, 6.07) is 6.42. The van der Waals surface area contributed by atoms with Crippen molar-refractivity contribution in [2.45, 2.75) is 32.1 Å². The first-order chi connectivity index (χ1) is 18.4. The highest BCUT2D eigenvalue weighted by Gasteiger charge is 2.39. The van der Waals surface area contributed by atoms with E-state index in [1.165, 1.54) is 12.3 Å². The van der Waals surface area contributed by atoms with Crippen molar-refractivity contribution in [3.05, 3.63) is 51.8 Å². The number of nitrogens with one attached hydrogen (secondary N) is 2. The molecule has 4 N–H and O–H groups in total. The zero-order valence-electron chi connectivity index (χ0n) is 21.3. The molecule has 0 radical (unpaired) electrons. The van der Waals surface area contributed by atoms with Gasteiger partial charge in [-0.25, -0.2) is 0 Å². The Kier molecular flexibility index (Phi) is 10.4. The van der Waals surface area contributed by atoms with Crippen LogP contribution in [0.3, 0.4) is 0 Å². The molecule has 3 rings (SSSR count). The van der Waals surface area contributed by atoms with Gasteiger partial charge < -0.3 is 25.8 Å². The molecule has 0 aliphatic carbocycles. The van der Waals surface area contributed by atoms with Gasteiger partial charge in [-0.2, -0.15) is 8.75 Å². The monoisotopic (exact) mass is 545 g/mol. The average Bonchev–Trinajstić information content (AvgIpc) is 3.41. The molecule has 2 heterocycles. The summed E-state index contributed by atoms with van der Waals surface area (Å²) in [4.78, 5) is 39.7. The SMILES string of the molecule is CCC(CC)(C(=O)NCCOCCOCCNc1ccc([N+](=O)[O-])c2nsnc12)c1cccnc1C(N)=O. The topological polar surface area (TPSA) is 184 Å². The third-order valence-corrected chi connectivity index (χ3v) is 6.78. The molecule has 0 aliphatic heterocycles. The van der Waals surface area contributed by atoms with Crippen LogP contribution in [0.2, 0.25) is 0 Å². The molecule has 3 aromatic rings. The van der Waals surface area contributed by atoms with E-state index in [1.807, 2.05) is 13.8 Å². The zero-order chi connectivity index (χ0) is 27.5. The Morgan fingerprint density at radius 2 is 1.74 bits per heavy atom. The van der Waals surface area contributed by atoms with E-state index in [4.69, 9.17) is 15.2 Å². The Labute approximate surface area is 223 Å². The molecule has 0 aliphatic rings. The van der Waals surface area contributed by atoms with Crippen LogP contribution in [0.5, 0.6) is 0 Å². The number of nitrogens with zero attached hydrogens (tertiary/aromatic N) is 4. The number of non-ortho nitro benzene ring substituents is 1. The minimum atomic E-state index is -0.918. The van der Waals surface area contributed by atoms with E-state index < -0.39 is 16.2 Å². The predicted molar refractivity (Wildman–Crippen MR) is 142 cm³/mol.